The number of rotatable bonds is 9. The van der Waals surface area contributed by atoms with Gasteiger partial charge in [0.1, 0.15) is 6.04 Å². The Morgan fingerprint density at radius 1 is 1.57 bits per heavy atom. The average molecular weight is 377 g/mol. The minimum atomic E-state index is -1.10. The van der Waals surface area contributed by atoms with Gasteiger partial charge in [-0.2, -0.15) is 11.8 Å². The number of thioether (sulfide) groups is 1. The number of hydrogen-bond acceptors (Lipinski definition) is 5. The van der Waals surface area contributed by atoms with E-state index in [9.17, 15) is 19.7 Å². The van der Waals surface area contributed by atoms with Gasteiger partial charge in [-0.1, -0.05) is 22.0 Å². The molecule has 1 aromatic carbocycles. The highest BCUT2D eigenvalue weighted by atomic mass is 79.9. The predicted molar refractivity (Wildman–Crippen MR) is 82.2 cm³/mol. The summed E-state index contributed by atoms with van der Waals surface area (Å²) in [5.74, 6) is -0.237. The van der Waals surface area contributed by atoms with Crippen molar-refractivity contribution in [2.24, 2.45) is 0 Å². The Morgan fingerprint density at radius 2 is 2.29 bits per heavy atom. The Bertz CT molecular complexity index is 540. The van der Waals surface area contributed by atoms with Gasteiger partial charge in [-0.05, 0) is 18.2 Å². The minimum Gasteiger partial charge on any atom is -0.480 e. The molecule has 0 aromatic heterocycles. The molecule has 0 radical (unpaired) electrons. The van der Waals surface area contributed by atoms with Crippen molar-refractivity contribution < 1.29 is 19.6 Å². The van der Waals surface area contributed by atoms with E-state index in [2.05, 4.69) is 21.2 Å². The molecule has 0 spiro atoms. The number of hydrogen-bond donors (Lipinski definition) is 2. The van der Waals surface area contributed by atoms with Gasteiger partial charge in [0.05, 0.1) is 4.92 Å². The fourth-order valence-corrected chi connectivity index (χ4v) is 2.93. The van der Waals surface area contributed by atoms with Gasteiger partial charge in [0, 0.05) is 21.9 Å². The summed E-state index contributed by atoms with van der Waals surface area (Å²) in [7, 11) is 0. The number of nitro groups is 1. The molecule has 1 amide bonds. The maximum absolute atomic E-state index is 10.9. The summed E-state index contributed by atoms with van der Waals surface area (Å²) in [6.07, 6.45) is 0.603. The third kappa shape index (κ3) is 5.72. The van der Waals surface area contributed by atoms with Crippen LogP contribution in [-0.4, -0.2) is 34.2 Å². The third-order valence-electron chi connectivity index (χ3n) is 2.62. The van der Waals surface area contributed by atoms with Gasteiger partial charge in [-0.25, -0.2) is 4.79 Å². The smallest absolute Gasteiger partial charge is 0.326 e. The molecule has 0 aliphatic carbocycles. The zero-order valence-corrected chi connectivity index (χ0v) is 13.2. The van der Waals surface area contributed by atoms with E-state index >= 15 is 0 Å². The van der Waals surface area contributed by atoms with Crippen molar-refractivity contribution in [2.75, 3.05) is 5.75 Å². The van der Waals surface area contributed by atoms with Crippen molar-refractivity contribution in [3.63, 3.8) is 0 Å². The summed E-state index contributed by atoms with van der Waals surface area (Å²) in [4.78, 5) is 31.6. The summed E-state index contributed by atoms with van der Waals surface area (Å²) in [6, 6.07) is 3.88. The van der Waals surface area contributed by atoms with Gasteiger partial charge in [0.2, 0.25) is 6.41 Å². The average Bonchev–Trinajstić information content (AvgIpc) is 2.43. The molecule has 0 saturated heterocycles. The predicted octanol–water partition coefficient (Wildman–Crippen LogP) is 2.18. The first-order valence-corrected chi connectivity index (χ1v) is 7.83. The normalized spacial score (nSPS) is 11.7. The Labute approximate surface area is 133 Å². The summed E-state index contributed by atoms with van der Waals surface area (Å²) < 4.78 is 0.629. The Hall–Kier alpha value is -1.61. The van der Waals surface area contributed by atoms with E-state index in [1.807, 2.05) is 0 Å². The molecule has 0 aliphatic heterocycles. The highest BCUT2D eigenvalue weighted by Crippen LogP contribution is 2.27. The van der Waals surface area contributed by atoms with E-state index in [-0.39, 0.29) is 12.1 Å². The largest absolute Gasteiger partial charge is 0.480 e. The summed E-state index contributed by atoms with van der Waals surface area (Å²) >= 11 is 4.56. The lowest BCUT2D eigenvalue weighted by molar-refractivity contribution is -0.385. The number of benzene rings is 1. The number of aliphatic carboxylic acids is 1. The lowest BCUT2D eigenvalue weighted by atomic mass is 10.2. The number of carbonyl (C=O) groups is 2. The first-order chi connectivity index (χ1) is 9.95. The van der Waals surface area contributed by atoms with E-state index in [0.29, 0.717) is 28.0 Å². The molecule has 0 heterocycles. The first-order valence-electron chi connectivity index (χ1n) is 5.88. The Balaban J connectivity index is 2.54. The number of nitrogens with one attached hydrogen (secondary N) is 1. The number of carboxylic acid groups (broad SMARTS) is 1. The lowest BCUT2D eigenvalue weighted by Crippen LogP contribution is -2.36. The number of halogens is 1. The quantitative estimate of drug-likeness (QED) is 0.295. The van der Waals surface area contributed by atoms with Crippen LogP contribution in [0.1, 0.15) is 12.0 Å². The van der Waals surface area contributed by atoms with Crippen molar-refractivity contribution >= 4 is 45.8 Å². The van der Waals surface area contributed by atoms with E-state index in [1.54, 1.807) is 12.1 Å². The number of carbonyl (C=O) groups excluding carboxylic acids is 1. The van der Waals surface area contributed by atoms with Crippen molar-refractivity contribution in [1.29, 1.82) is 0 Å². The highest BCUT2D eigenvalue weighted by molar-refractivity contribution is 9.10. The molecule has 0 bridgehead atoms. The van der Waals surface area contributed by atoms with Crippen LogP contribution in [0.5, 0.6) is 0 Å². The van der Waals surface area contributed by atoms with Gasteiger partial charge in [0.25, 0.3) is 5.69 Å². The molecule has 1 unspecified atom stereocenters. The monoisotopic (exact) mass is 376 g/mol. The van der Waals surface area contributed by atoms with Crippen LogP contribution in [0.25, 0.3) is 0 Å². The van der Waals surface area contributed by atoms with E-state index < -0.39 is 16.9 Å². The molecule has 1 atom stereocenters. The molecule has 0 fully saturated rings. The van der Waals surface area contributed by atoms with E-state index in [0.717, 1.165) is 0 Å². The summed E-state index contributed by atoms with van der Waals surface area (Å²) in [6.45, 7) is 0. The fraction of sp³-hybridized carbons (Fsp3) is 0.333. The van der Waals surface area contributed by atoms with Crippen LogP contribution in [0.4, 0.5) is 5.69 Å². The summed E-state index contributed by atoms with van der Waals surface area (Å²) in [5, 5.41) is 22.0. The third-order valence-corrected chi connectivity index (χ3v) is 4.15. The Kier molecular flexibility index (Phi) is 7.17. The van der Waals surface area contributed by atoms with Crippen molar-refractivity contribution in [2.45, 2.75) is 18.2 Å². The van der Waals surface area contributed by atoms with Crippen LogP contribution in [0.15, 0.2) is 22.7 Å². The second-order valence-corrected chi connectivity index (χ2v) is 6.07. The molecule has 114 valence electrons. The maximum atomic E-state index is 10.9. The number of nitro benzene ring substituents is 1. The molecule has 21 heavy (non-hydrogen) atoms. The molecule has 7 nitrogen and oxygen atoms in total. The molecule has 0 saturated carbocycles. The van der Waals surface area contributed by atoms with Crippen LogP contribution < -0.4 is 5.32 Å². The second-order valence-electron chi connectivity index (χ2n) is 4.05. The minimum absolute atomic E-state index is 0.0256. The fourth-order valence-electron chi connectivity index (χ4n) is 1.57. The molecular weight excluding hydrogens is 364 g/mol. The van der Waals surface area contributed by atoms with Crippen LogP contribution in [0.3, 0.4) is 0 Å². The molecule has 0 aliphatic rings. The van der Waals surface area contributed by atoms with Crippen LogP contribution >= 0.6 is 27.7 Å². The Morgan fingerprint density at radius 3 is 2.86 bits per heavy atom. The topological polar surface area (TPSA) is 110 Å². The van der Waals surface area contributed by atoms with Gasteiger partial charge in [-0.3, -0.25) is 14.9 Å². The number of nitrogens with zero attached hydrogens (tertiary/aromatic N) is 1. The molecule has 1 rings (SSSR count). The van der Waals surface area contributed by atoms with Gasteiger partial charge >= 0.3 is 5.97 Å². The standard InChI is InChI=1S/C12H13BrN2O5S/c13-9-2-1-8(11(5-9)15(19)20)6-21-4-3-10(12(17)18)14-7-16/h1-2,5,7,10H,3-4,6H2,(H,14,16)(H,17,18). The van der Waals surface area contributed by atoms with Crippen molar-refractivity contribution in [1.82, 2.24) is 5.32 Å². The van der Waals surface area contributed by atoms with Crippen LogP contribution in [0, 0.1) is 10.1 Å². The zero-order valence-electron chi connectivity index (χ0n) is 10.8. The molecule has 1 aromatic rings. The maximum Gasteiger partial charge on any atom is 0.326 e. The molecule has 9 heteroatoms. The second kappa shape index (κ2) is 8.63. The van der Waals surface area contributed by atoms with E-state index in [1.165, 1.54) is 17.8 Å². The van der Waals surface area contributed by atoms with Gasteiger partial charge in [-0.15, -0.1) is 0 Å². The highest BCUT2D eigenvalue weighted by Gasteiger charge is 2.17. The first kappa shape index (κ1) is 17.4. The van der Waals surface area contributed by atoms with Crippen molar-refractivity contribution in [3.8, 4) is 0 Å². The van der Waals surface area contributed by atoms with Crippen molar-refractivity contribution in [3.05, 3.63) is 38.3 Å². The van der Waals surface area contributed by atoms with Gasteiger partial charge < -0.3 is 10.4 Å². The van der Waals surface area contributed by atoms with E-state index in [4.69, 9.17) is 5.11 Å². The molecule has 2 N–H and O–H groups in total. The number of amides is 1. The number of carboxylic acids is 1. The van der Waals surface area contributed by atoms with Crippen LogP contribution in [-0.2, 0) is 15.3 Å². The summed E-state index contributed by atoms with van der Waals surface area (Å²) in [5.41, 5.74) is 0.598. The zero-order chi connectivity index (χ0) is 15.8. The SMILES string of the molecule is O=CNC(CCSCc1ccc(Br)cc1[N+](=O)[O-])C(=O)O. The van der Waals surface area contributed by atoms with Crippen LogP contribution in [0.2, 0.25) is 0 Å². The lowest BCUT2D eigenvalue weighted by Gasteiger charge is -2.10. The molecular formula is C12H13BrN2O5S. The van der Waals surface area contributed by atoms with Gasteiger partial charge in [0.15, 0.2) is 0 Å².